The lowest BCUT2D eigenvalue weighted by Gasteiger charge is -2.17. The number of rotatable bonds is 10. The van der Waals surface area contributed by atoms with E-state index in [1.165, 1.54) is 45.4 Å². The zero-order chi connectivity index (χ0) is 10.6. The summed E-state index contributed by atoms with van der Waals surface area (Å²) < 4.78 is 0. The highest BCUT2D eigenvalue weighted by atomic mass is 79.9. The minimum Gasteiger partial charge on any atom is -0.315 e. The van der Waals surface area contributed by atoms with Crippen LogP contribution in [0.5, 0.6) is 0 Å². The second-order valence-electron chi connectivity index (χ2n) is 3.53. The summed E-state index contributed by atoms with van der Waals surface area (Å²) in [5.74, 6) is 0. The Kier molecular flexibility index (Phi) is 11.8. The summed E-state index contributed by atoms with van der Waals surface area (Å²) in [6, 6.07) is 0. The van der Waals surface area contributed by atoms with E-state index in [9.17, 15) is 0 Å². The Morgan fingerprint density at radius 1 is 1.00 bits per heavy atom. The highest BCUT2D eigenvalue weighted by Crippen LogP contribution is 1.96. The Morgan fingerprint density at radius 3 is 2.29 bits per heavy atom. The van der Waals surface area contributed by atoms with Gasteiger partial charge in [0.2, 0.25) is 0 Å². The molecule has 0 rings (SSSR count). The molecular weight excluding hydrogens is 240 g/mol. The van der Waals surface area contributed by atoms with Crippen LogP contribution in [0.3, 0.4) is 0 Å². The molecule has 0 aromatic heterocycles. The van der Waals surface area contributed by atoms with Gasteiger partial charge in [-0.1, -0.05) is 36.2 Å². The van der Waals surface area contributed by atoms with Crippen LogP contribution < -0.4 is 5.32 Å². The monoisotopic (exact) mass is 264 g/mol. The van der Waals surface area contributed by atoms with Gasteiger partial charge in [-0.25, -0.2) is 0 Å². The van der Waals surface area contributed by atoms with Crippen LogP contribution in [0.4, 0.5) is 0 Å². The van der Waals surface area contributed by atoms with Crippen LogP contribution in [0, 0.1) is 0 Å². The average molecular weight is 265 g/mol. The molecular formula is C11H25BrN2. The van der Waals surface area contributed by atoms with E-state index in [1.54, 1.807) is 0 Å². The molecule has 0 amide bonds. The van der Waals surface area contributed by atoms with Crippen molar-refractivity contribution in [3.8, 4) is 0 Å². The Bertz CT molecular complexity index is 105. The minimum absolute atomic E-state index is 1.13. The van der Waals surface area contributed by atoms with Crippen LogP contribution in [0.1, 0.15) is 33.1 Å². The molecule has 0 saturated carbocycles. The van der Waals surface area contributed by atoms with E-state index in [0.717, 1.165) is 11.9 Å². The molecule has 2 nitrogen and oxygen atoms in total. The lowest BCUT2D eigenvalue weighted by Crippen LogP contribution is -2.32. The fourth-order valence-electron chi connectivity index (χ4n) is 1.42. The molecule has 86 valence electrons. The van der Waals surface area contributed by atoms with E-state index in [4.69, 9.17) is 0 Å². The lowest BCUT2D eigenvalue weighted by atomic mass is 10.2. The molecule has 0 atom stereocenters. The molecule has 0 unspecified atom stereocenters. The van der Waals surface area contributed by atoms with Gasteiger partial charge in [-0.15, -0.1) is 0 Å². The van der Waals surface area contributed by atoms with Gasteiger partial charge in [-0.2, -0.15) is 0 Å². The van der Waals surface area contributed by atoms with E-state index in [-0.39, 0.29) is 0 Å². The van der Waals surface area contributed by atoms with Gasteiger partial charge in [0.25, 0.3) is 0 Å². The van der Waals surface area contributed by atoms with Crippen molar-refractivity contribution in [2.24, 2.45) is 0 Å². The maximum absolute atomic E-state index is 3.49. The van der Waals surface area contributed by atoms with Gasteiger partial charge in [0.1, 0.15) is 0 Å². The van der Waals surface area contributed by atoms with E-state index in [2.05, 4.69) is 40.0 Å². The second-order valence-corrected chi connectivity index (χ2v) is 4.32. The Hall–Kier alpha value is 0.400. The van der Waals surface area contributed by atoms with Crippen LogP contribution in [-0.4, -0.2) is 43.0 Å². The van der Waals surface area contributed by atoms with Crippen LogP contribution in [0.25, 0.3) is 0 Å². The molecule has 0 bridgehead atoms. The average Bonchev–Trinajstić information content (AvgIpc) is 2.22. The number of likely N-dealkylation sites (N-methyl/N-ethyl adjacent to an activating group) is 1. The maximum atomic E-state index is 3.49. The van der Waals surface area contributed by atoms with Gasteiger partial charge in [0, 0.05) is 18.4 Å². The van der Waals surface area contributed by atoms with Crippen LogP contribution in [0.15, 0.2) is 0 Å². The summed E-state index contributed by atoms with van der Waals surface area (Å²) >= 11 is 3.44. The first-order valence-corrected chi connectivity index (χ1v) is 6.96. The summed E-state index contributed by atoms with van der Waals surface area (Å²) in [6.45, 7) is 10.3. The first kappa shape index (κ1) is 14.4. The van der Waals surface area contributed by atoms with Crippen molar-refractivity contribution in [2.45, 2.75) is 33.1 Å². The first-order valence-electron chi connectivity index (χ1n) is 5.84. The molecule has 0 saturated heterocycles. The summed E-state index contributed by atoms with van der Waals surface area (Å²) in [5.41, 5.74) is 0. The Labute approximate surface area is 97.6 Å². The standard InChI is InChI=1S/C11H25BrN2/c1-3-14(4-2)11-10-13-9-7-5-6-8-12/h13H,3-11H2,1-2H3. The molecule has 0 heterocycles. The predicted molar refractivity (Wildman–Crippen MR) is 68.3 cm³/mol. The smallest absolute Gasteiger partial charge is 0.0107 e. The molecule has 0 radical (unpaired) electrons. The minimum atomic E-state index is 1.13. The number of hydrogen-bond donors (Lipinski definition) is 1. The van der Waals surface area contributed by atoms with Crippen molar-refractivity contribution in [1.29, 1.82) is 0 Å². The fourth-order valence-corrected chi connectivity index (χ4v) is 1.82. The zero-order valence-electron chi connectivity index (χ0n) is 9.69. The molecule has 14 heavy (non-hydrogen) atoms. The first-order chi connectivity index (χ1) is 6.85. The molecule has 0 aromatic rings. The number of nitrogens with one attached hydrogen (secondary N) is 1. The summed E-state index contributed by atoms with van der Waals surface area (Å²) in [4.78, 5) is 2.45. The maximum Gasteiger partial charge on any atom is 0.0107 e. The van der Waals surface area contributed by atoms with Crippen LogP contribution >= 0.6 is 15.9 Å². The van der Waals surface area contributed by atoms with E-state index >= 15 is 0 Å². The van der Waals surface area contributed by atoms with Gasteiger partial charge in [0.05, 0.1) is 0 Å². The SMILES string of the molecule is CCN(CC)CCNCCCCCBr. The molecule has 0 aliphatic heterocycles. The van der Waals surface area contributed by atoms with Gasteiger partial charge < -0.3 is 10.2 Å². The third-order valence-corrected chi connectivity index (χ3v) is 3.05. The van der Waals surface area contributed by atoms with Crippen LogP contribution in [-0.2, 0) is 0 Å². The quantitative estimate of drug-likeness (QED) is 0.482. The molecule has 0 fully saturated rings. The number of alkyl halides is 1. The number of unbranched alkanes of at least 4 members (excludes halogenated alkanes) is 2. The summed E-state index contributed by atoms with van der Waals surface area (Å²) in [6.07, 6.45) is 3.95. The number of halogens is 1. The molecule has 0 spiro atoms. The van der Waals surface area contributed by atoms with Crippen molar-refractivity contribution in [3.05, 3.63) is 0 Å². The summed E-state index contributed by atoms with van der Waals surface area (Å²) in [7, 11) is 0. The topological polar surface area (TPSA) is 15.3 Å². The molecule has 0 aliphatic rings. The third-order valence-electron chi connectivity index (χ3n) is 2.49. The van der Waals surface area contributed by atoms with Gasteiger partial charge in [0.15, 0.2) is 0 Å². The van der Waals surface area contributed by atoms with Crippen molar-refractivity contribution in [3.63, 3.8) is 0 Å². The molecule has 0 aromatic carbocycles. The van der Waals surface area contributed by atoms with Crippen molar-refractivity contribution in [2.75, 3.05) is 38.1 Å². The Morgan fingerprint density at radius 2 is 1.71 bits per heavy atom. The fraction of sp³-hybridized carbons (Fsp3) is 1.00. The lowest BCUT2D eigenvalue weighted by molar-refractivity contribution is 0.302. The number of hydrogen-bond acceptors (Lipinski definition) is 2. The second kappa shape index (κ2) is 11.5. The summed E-state index contributed by atoms with van der Waals surface area (Å²) in [5, 5.41) is 4.63. The highest BCUT2D eigenvalue weighted by molar-refractivity contribution is 9.09. The van der Waals surface area contributed by atoms with Crippen molar-refractivity contribution < 1.29 is 0 Å². The normalized spacial score (nSPS) is 11.1. The van der Waals surface area contributed by atoms with Crippen molar-refractivity contribution >= 4 is 15.9 Å². The largest absolute Gasteiger partial charge is 0.315 e. The van der Waals surface area contributed by atoms with Gasteiger partial charge in [-0.3, -0.25) is 0 Å². The van der Waals surface area contributed by atoms with Crippen molar-refractivity contribution in [1.82, 2.24) is 10.2 Å². The molecule has 0 aliphatic carbocycles. The van der Waals surface area contributed by atoms with E-state index in [1.807, 2.05) is 0 Å². The molecule has 3 heteroatoms. The van der Waals surface area contributed by atoms with Crippen LogP contribution in [0.2, 0.25) is 0 Å². The van der Waals surface area contributed by atoms with Gasteiger partial charge >= 0.3 is 0 Å². The Balaban J connectivity index is 3.04. The zero-order valence-corrected chi connectivity index (χ0v) is 11.3. The molecule has 1 N–H and O–H groups in total. The number of nitrogens with zero attached hydrogens (tertiary/aromatic N) is 1. The van der Waals surface area contributed by atoms with E-state index in [0.29, 0.717) is 0 Å². The highest BCUT2D eigenvalue weighted by Gasteiger charge is 1.96. The van der Waals surface area contributed by atoms with Gasteiger partial charge in [-0.05, 0) is 32.5 Å². The predicted octanol–water partition coefficient (Wildman–Crippen LogP) is 2.48. The van der Waals surface area contributed by atoms with E-state index < -0.39 is 0 Å². The third kappa shape index (κ3) is 8.97.